The standard InChI is InChI=1S/C21H22F3N3O/c22-17-7-5-16(6-8-17)19-18-4-2-1-3-15(18)9-11-27(19)20(28)26-12-10-25-13-21(23,24)14-26/h1-8,19,25H,9-14H2. The highest BCUT2D eigenvalue weighted by Crippen LogP contribution is 2.36. The lowest BCUT2D eigenvalue weighted by atomic mass is 9.88. The van der Waals surface area contributed by atoms with Crippen LogP contribution in [0.2, 0.25) is 0 Å². The van der Waals surface area contributed by atoms with Crippen LogP contribution in [0.5, 0.6) is 0 Å². The number of fused-ring (bicyclic) bond motifs is 1. The second kappa shape index (κ2) is 7.47. The zero-order valence-electron chi connectivity index (χ0n) is 15.4. The van der Waals surface area contributed by atoms with Gasteiger partial charge in [0.25, 0.3) is 5.92 Å². The molecule has 2 aliphatic rings. The Balaban J connectivity index is 1.70. The van der Waals surface area contributed by atoms with Gasteiger partial charge in [-0.05, 0) is 35.2 Å². The lowest BCUT2D eigenvalue weighted by Crippen LogP contribution is -2.51. The highest BCUT2D eigenvalue weighted by Gasteiger charge is 2.39. The van der Waals surface area contributed by atoms with Gasteiger partial charge in [0.05, 0.1) is 19.1 Å². The van der Waals surface area contributed by atoms with Crippen LogP contribution in [0.4, 0.5) is 18.0 Å². The van der Waals surface area contributed by atoms with Crippen molar-refractivity contribution in [1.29, 1.82) is 0 Å². The van der Waals surface area contributed by atoms with Crippen LogP contribution in [0.15, 0.2) is 48.5 Å². The number of rotatable bonds is 1. The van der Waals surface area contributed by atoms with Crippen LogP contribution in [0.3, 0.4) is 0 Å². The number of halogens is 3. The number of amides is 2. The van der Waals surface area contributed by atoms with E-state index < -0.39 is 31.1 Å². The Hall–Kier alpha value is -2.54. The van der Waals surface area contributed by atoms with Crippen molar-refractivity contribution in [3.05, 3.63) is 71.0 Å². The average molecular weight is 389 g/mol. The Bertz CT molecular complexity index is 856. The van der Waals surface area contributed by atoms with E-state index in [4.69, 9.17) is 0 Å². The summed E-state index contributed by atoms with van der Waals surface area (Å²) in [6, 6.07) is 13.0. The number of carbonyl (C=O) groups excluding carboxylic acids is 1. The summed E-state index contributed by atoms with van der Waals surface area (Å²) in [4.78, 5) is 16.1. The molecule has 2 aromatic carbocycles. The van der Waals surface area contributed by atoms with E-state index in [1.165, 1.54) is 17.0 Å². The molecule has 1 saturated heterocycles. The molecule has 0 radical (unpaired) electrons. The maximum Gasteiger partial charge on any atom is 0.321 e. The average Bonchev–Trinajstić information content (AvgIpc) is 2.88. The largest absolute Gasteiger partial charge is 0.321 e. The van der Waals surface area contributed by atoms with Crippen LogP contribution in [0, 0.1) is 5.82 Å². The first-order valence-corrected chi connectivity index (χ1v) is 9.42. The molecular formula is C21H22F3N3O. The number of hydrogen-bond acceptors (Lipinski definition) is 2. The molecule has 7 heteroatoms. The number of urea groups is 1. The SMILES string of the molecule is O=C(N1CCNCC(F)(F)C1)N1CCc2ccccc2C1c1ccc(F)cc1. The van der Waals surface area contributed by atoms with Gasteiger partial charge in [-0.1, -0.05) is 36.4 Å². The second-order valence-corrected chi connectivity index (χ2v) is 7.33. The molecule has 0 aromatic heterocycles. The van der Waals surface area contributed by atoms with Gasteiger partial charge < -0.3 is 15.1 Å². The Morgan fingerprint density at radius 1 is 1.07 bits per heavy atom. The Kier molecular flexibility index (Phi) is 5.02. The third-order valence-corrected chi connectivity index (χ3v) is 5.35. The summed E-state index contributed by atoms with van der Waals surface area (Å²) in [5.41, 5.74) is 2.83. The molecule has 0 bridgehead atoms. The molecule has 0 spiro atoms. The van der Waals surface area contributed by atoms with Crippen molar-refractivity contribution in [2.24, 2.45) is 0 Å². The van der Waals surface area contributed by atoms with Gasteiger partial charge in [0.1, 0.15) is 5.82 Å². The van der Waals surface area contributed by atoms with Crippen molar-refractivity contribution < 1.29 is 18.0 Å². The van der Waals surface area contributed by atoms with Gasteiger partial charge in [-0.15, -0.1) is 0 Å². The number of alkyl halides is 2. The second-order valence-electron chi connectivity index (χ2n) is 7.33. The summed E-state index contributed by atoms with van der Waals surface area (Å²) in [6.45, 7) is -0.0583. The van der Waals surface area contributed by atoms with Crippen molar-refractivity contribution in [2.75, 3.05) is 32.7 Å². The summed E-state index contributed by atoms with van der Waals surface area (Å²) in [7, 11) is 0. The predicted octanol–water partition coefficient (Wildman–Crippen LogP) is 3.43. The van der Waals surface area contributed by atoms with Crippen LogP contribution in [-0.4, -0.2) is 54.5 Å². The molecule has 0 saturated carbocycles. The van der Waals surface area contributed by atoms with E-state index in [-0.39, 0.29) is 12.4 Å². The summed E-state index contributed by atoms with van der Waals surface area (Å²) in [5, 5.41) is 2.69. The van der Waals surface area contributed by atoms with Gasteiger partial charge in [0.15, 0.2) is 0 Å². The van der Waals surface area contributed by atoms with Gasteiger partial charge >= 0.3 is 6.03 Å². The molecule has 1 N–H and O–H groups in total. The Morgan fingerprint density at radius 2 is 1.82 bits per heavy atom. The maximum absolute atomic E-state index is 14.0. The van der Waals surface area contributed by atoms with E-state index in [9.17, 15) is 18.0 Å². The van der Waals surface area contributed by atoms with Crippen LogP contribution in [-0.2, 0) is 6.42 Å². The fourth-order valence-corrected chi connectivity index (χ4v) is 4.02. The van der Waals surface area contributed by atoms with Crippen LogP contribution in [0.25, 0.3) is 0 Å². The summed E-state index contributed by atoms with van der Waals surface area (Å²) in [6.07, 6.45) is 0.655. The van der Waals surface area contributed by atoms with Gasteiger partial charge in [-0.2, -0.15) is 0 Å². The quantitative estimate of drug-likeness (QED) is 0.811. The molecule has 1 atom stereocenters. The molecule has 2 aromatic rings. The number of nitrogens with one attached hydrogen (secondary N) is 1. The number of hydrogen-bond donors (Lipinski definition) is 1. The highest BCUT2D eigenvalue weighted by molar-refractivity contribution is 5.76. The summed E-state index contributed by atoms with van der Waals surface area (Å²) in [5.74, 6) is -3.32. The lowest BCUT2D eigenvalue weighted by molar-refractivity contribution is -0.0143. The normalized spacial score (nSPS) is 21.8. The topological polar surface area (TPSA) is 35.6 Å². The molecule has 0 aliphatic carbocycles. The van der Waals surface area contributed by atoms with Crippen molar-refractivity contribution in [3.8, 4) is 0 Å². The molecule has 4 rings (SSSR count). The maximum atomic E-state index is 14.0. The molecular weight excluding hydrogens is 367 g/mol. The Morgan fingerprint density at radius 3 is 2.61 bits per heavy atom. The number of benzene rings is 2. The van der Waals surface area contributed by atoms with Crippen LogP contribution < -0.4 is 5.32 Å². The lowest BCUT2D eigenvalue weighted by Gasteiger charge is -2.40. The van der Waals surface area contributed by atoms with E-state index >= 15 is 0 Å². The van der Waals surface area contributed by atoms with Gasteiger partial charge in [-0.3, -0.25) is 0 Å². The third kappa shape index (κ3) is 3.71. The smallest absolute Gasteiger partial charge is 0.317 e. The molecule has 148 valence electrons. The van der Waals surface area contributed by atoms with Gasteiger partial charge in [-0.25, -0.2) is 18.0 Å². The molecule has 28 heavy (non-hydrogen) atoms. The first-order chi connectivity index (χ1) is 13.4. The van der Waals surface area contributed by atoms with E-state index in [2.05, 4.69) is 5.32 Å². The number of carbonyl (C=O) groups is 1. The zero-order chi connectivity index (χ0) is 19.7. The van der Waals surface area contributed by atoms with Crippen molar-refractivity contribution >= 4 is 6.03 Å². The predicted molar refractivity (Wildman–Crippen MR) is 99.9 cm³/mol. The first kappa shape index (κ1) is 18.8. The third-order valence-electron chi connectivity index (χ3n) is 5.35. The minimum absolute atomic E-state index is 0.225. The molecule has 2 aliphatic heterocycles. The van der Waals surface area contributed by atoms with Crippen molar-refractivity contribution in [1.82, 2.24) is 15.1 Å². The van der Waals surface area contributed by atoms with E-state index in [1.54, 1.807) is 17.0 Å². The van der Waals surface area contributed by atoms with Crippen LogP contribution >= 0.6 is 0 Å². The summed E-state index contributed by atoms with van der Waals surface area (Å²) >= 11 is 0. The van der Waals surface area contributed by atoms with Gasteiger partial charge in [0.2, 0.25) is 0 Å². The van der Waals surface area contributed by atoms with Crippen molar-refractivity contribution in [2.45, 2.75) is 18.4 Å². The van der Waals surface area contributed by atoms with E-state index in [1.807, 2.05) is 24.3 Å². The molecule has 4 nitrogen and oxygen atoms in total. The minimum Gasteiger partial charge on any atom is -0.317 e. The van der Waals surface area contributed by atoms with E-state index in [0.29, 0.717) is 19.5 Å². The zero-order valence-corrected chi connectivity index (χ0v) is 15.4. The van der Waals surface area contributed by atoms with Crippen molar-refractivity contribution in [3.63, 3.8) is 0 Å². The minimum atomic E-state index is -2.97. The highest BCUT2D eigenvalue weighted by atomic mass is 19.3. The fraction of sp³-hybridized carbons (Fsp3) is 0.381. The fourth-order valence-electron chi connectivity index (χ4n) is 4.02. The van der Waals surface area contributed by atoms with Gasteiger partial charge in [0, 0.05) is 19.6 Å². The Labute approximate surface area is 161 Å². The monoisotopic (exact) mass is 389 g/mol. The molecule has 2 heterocycles. The molecule has 1 unspecified atom stereocenters. The summed E-state index contributed by atoms with van der Waals surface area (Å²) < 4.78 is 41.5. The van der Waals surface area contributed by atoms with E-state index in [0.717, 1.165) is 16.7 Å². The molecule has 2 amide bonds. The van der Waals surface area contributed by atoms with Crippen LogP contribution in [0.1, 0.15) is 22.7 Å². The number of nitrogens with zero attached hydrogens (tertiary/aromatic N) is 2. The molecule has 1 fully saturated rings. The first-order valence-electron chi connectivity index (χ1n) is 9.42.